The molecule has 0 bridgehead atoms. The molecule has 1 aromatic heterocycles. The molecule has 3 heterocycles. The molecule has 1 aromatic rings. The fourth-order valence-corrected chi connectivity index (χ4v) is 3.45. The minimum absolute atomic E-state index is 0.0558. The molecule has 6 nitrogen and oxygen atoms in total. The Morgan fingerprint density at radius 1 is 1.38 bits per heavy atom. The third-order valence-electron chi connectivity index (χ3n) is 4.63. The number of nitrogens with zero attached hydrogens (tertiary/aromatic N) is 4. The van der Waals surface area contributed by atoms with Crippen molar-refractivity contribution in [2.24, 2.45) is 5.92 Å². The van der Waals surface area contributed by atoms with Gasteiger partial charge >= 0.3 is 0 Å². The van der Waals surface area contributed by atoms with Crippen LogP contribution in [-0.4, -0.2) is 58.0 Å². The van der Waals surface area contributed by atoms with E-state index in [9.17, 15) is 9.59 Å². The first kappa shape index (κ1) is 14.0. The summed E-state index contributed by atoms with van der Waals surface area (Å²) in [5, 5.41) is 7.67. The zero-order valence-corrected chi connectivity index (χ0v) is 12.2. The number of hydrogen-bond acceptors (Lipinski definition) is 4. The van der Waals surface area contributed by atoms with Crippen LogP contribution in [0.4, 0.5) is 0 Å². The molecule has 2 aliphatic rings. The number of amides is 2. The Morgan fingerprint density at radius 2 is 2.24 bits per heavy atom. The minimum atomic E-state index is -0.0558. The molecule has 0 aliphatic carbocycles. The number of carbonyl (C=O) groups excluding carboxylic acids is 2. The van der Waals surface area contributed by atoms with E-state index in [0.29, 0.717) is 31.1 Å². The van der Waals surface area contributed by atoms with E-state index in [-0.39, 0.29) is 17.9 Å². The molecule has 0 radical (unpaired) electrons. The fraction of sp³-hybridized carbons (Fsp3) is 0.600. The number of rotatable bonds is 1. The van der Waals surface area contributed by atoms with Crippen LogP contribution in [0.2, 0.25) is 0 Å². The van der Waals surface area contributed by atoms with Crippen LogP contribution in [0.3, 0.4) is 0 Å². The minimum Gasteiger partial charge on any atom is -0.342 e. The number of fused-ring (bicyclic) bond motifs is 1. The molecular formula is C15H20N4O2. The molecule has 2 aliphatic heterocycles. The van der Waals surface area contributed by atoms with Crippen molar-refractivity contribution in [1.82, 2.24) is 20.0 Å². The van der Waals surface area contributed by atoms with Crippen molar-refractivity contribution in [3.63, 3.8) is 0 Å². The number of carbonyl (C=O) groups is 2. The monoisotopic (exact) mass is 288 g/mol. The van der Waals surface area contributed by atoms with E-state index in [4.69, 9.17) is 0 Å². The SMILES string of the molecule is CN1C(=O)CCC[C@@H]2CN(C(=O)c3cccnn3)CC[C@H]21. The van der Waals surface area contributed by atoms with Crippen LogP contribution in [0.25, 0.3) is 0 Å². The maximum absolute atomic E-state index is 12.4. The van der Waals surface area contributed by atoms with Gasteiger partial charge in [0.25, 0.3) is 5.91 Å². The summed E-state index contributed by atoms with van der Waals surface area (Å²) in [6, 6.07) is 3.70. The lowest BCUT2D eigenvalue weighted by molar-refractivity contribution is -0.132. The highest BCUT2D eigenvalue weighted by atomic mass is 16.2. The van der Waals surface area contributed by atoms with Crippen molar-refractivity contribution < 1.29 is 9.59 Å². The highest BCUT2D eigenvalue weighted by Gasteiger charge is 2.37. The molecule has 0 N–H and O–H groups in total. The first-order valence-corrected chi connectivity index (χ1v) is 7.49. The first-order chi connectivity index (χ1) is 10.2. The molecule has 3 rings (SSSR count). The standard InChI is InChI=1S/C15H20N4O2/c1-18-13-7-9-19(10-11(13)4-2-6-14(18)20)15(21)12-5-3-8-16-17-12/h3,5,8,11,13H,2,4,6-7,9-10H2,1H3/t11-,13-/m1/s1. The van der Waals surface area contributed by atoms with E-state index in [0.717, 1.165) is 19.3 Å². The van der Waals surface area contributed by atoms with Gasteiger partial charge in [-0.25, -0.2) is 0 Å². The number of aromatic nitrogens is 2. The van der Waals surface area contributed by atoms with Crippen LogP contribution < -0.4 is 0 Å². The van der Waals surface area contributed by atoms with E-state index in [1.165, 1.54) is 0 Å². The Hall–Kier alpha value is -1.98. The molecule has 6 heteroatoms. The van der Waals surface area contributed by atoms with Gasteiger partial charge in [-0.2, -0.15) is 5.10 Å². The molecule has 0 saturated carbocycles. The average molecular weight is 288 g/mol. The molecular weight excluding hydrogens is 268 g/mol. The van der Waals surface area contributed by atoms with Crippen molar-refractivity contribution in [2.75, 3.05) is 20.1 Å². The molecule has 0 unspecified atom stereocenters. The largest absolute Gasteiger partial charge is 0.342 e. The van der Waals surface area contributed by atoms with Crippen molar-refractivity contribution in [3.8, 4) is 0 Å². The van der Waals surface area contributed by atoms with E-state index < -0.39 is 0 Å². The maximum atomic E-state index is 12.4. The first-order valence-electron chi connectivity index (χ1n) is 7.49. The van der Waals surface area contributed by atoms with Crippen LogP contribution in [0.1, 0.15) is 36.2 Å². The van der Waals surface area contributed by atoms with E-state index in [1.54, 1.807) is 18.3 Å². The zero-order valence-electron chi connectivity index (χ0n) is 12.2. The molecule has 2 atom stereocenters. The second kappa shape index (κ2) is 5.79. The van der Waals surface area contributed by atoms with Crippen LogP contribution in [-0.2, 0) is 4.79 Å². The summed E-state index contributed by atoms with van der Waals surface area (Å²) in [6.07, 6.45) is 4.96. The smallest absolute Gasteiger partial charge is 0.274 e. The van der Waals surface area contributed by atoms with E-state index in [2.05, 4.69) is 10.2 Å². The highest BCUT2D eigenvalue weighted by Crippen LogP contribution is 2.30. The van der Waals surface area contributed by atoms with Gasteiger partial charge < -0.3 is 9.80 Å². The van der Waals surface area contributed by atoms with Crippen LogP contribution in [0.5, 0.6) is 0 Å². The summed E-state index contributed by atoms with van der Waals surface area (Å²) in [6.45, 7) is 1.38. The lowest BCUT2D eigenvalue weighted by atomic mass is 9.88. The summed E-state index contributed by atoms with van der Waals surface area (Å²) in [5.74, 6) is 0.548. The van der Waals surface area contributed by atoms with Gasteiger partial charge in [-0.15, -0.1) is 5.10 Å². The molecule has 2 amide bonds. The second-order valence-electron chi connectivity index (χ2n) is 5.87. The second-order valence-corrected chi connectivity index (χ2v) is 5.87. The van der Waals surface area contributed by atoms with Crippen molar-refractivity contribution >= 4 is 11.8 Å². The normalized spacial score (nSPS) is 26.2. The van der Waals surface area contributed by atoms with Gasteiger partial charge in [0, 0.05) is 38.8 Å². The quantitative estimate of drug-likeness (QED) is 0.771. The summed E-state index contributed by atoms with van der Waals surface area (Å²) in [7, 11) is 1.89. The highest BCUT2D eigenvalue weighted by molar-refractivity contribution is 5.92. The third-order valence-corrected chi connectivity index (χ3v) is 4.63. The van der Waals surface area contributed by atoms with E-state index in [1.807, 2.05) is 16.8 Å². The molecule has 112 valence electrons. The van der Waals surface area contributed by atoms with Crippen LogP contribution in [0, 0.1) is 5.92 Å². The molecule has 0 aromatic carbocycles. The Kier molecular flexibility index (Phi) is 3.86. The van der Waals surface area contributed by atoms with Crippen molar-refractivity contribution in [1.29, 1.82) is 0 Å². The lowest BCUT2D eigenvalue weighted by Gasteiger charge is -2.41. The van der Waals surface area contributed by atoms with Crippen molar-refractivity contribution in [2.45, 2.75) is 31.7 Å². The van der Waals surface area contributed by atoms with Gasteiger partial charge in [0.1, 0.15) is 0 Å². The zero-order chi connectivity index (χ0) is 14.8. The van der Waals surface area contributed by atoms with Crippen LogP contribution in [0.15, 0.2) is 18.3 Å². The summed E-state index contributed by atoms with van der Waals surface area (Å²) in [5.41, 5.74) is 0.397. The summed E-state index contributed by atoms with van der Waals surface area (Å²) >= 11 is 0. The fourth-order valence-electron chi connectivity index (χ4n) is 3.45. The third kappa shape index (κ3) is 2.75. The van der Waals surface area contributed by atoms with Crippen molar-refractivity contribution in [3.05, 3.63) is 24.0 Å². The van der Waals surface area contributed by atoms with Crippen LogP contribution >= 0.6 is 0 Å². The average Bonchev–Trinajstić information content (AvgIpc) is 2.67. The molecule has 0 spiro atoms. The molecule has 2 fully saturated rings. The number of likely N-dealkylation sites (tertiary alicyclic amines) is 2. The Balaban J connectivity index is 1.72. The Morgan fingerprint density at radius 3 is 3.00 bits per heavy atom. The Bertz CT molecular complexity index is 534. The lowest BCUT2D eigenvalue weighted by Crippen LogP contribution is -2.51. The predicted octanol–water partition coefficient (Wildman–Crippen LogP) is 0.950. The summed E-state index contributed by atoms with van der Waals surface area (Å²) < 4.78 is 0. The predicted molar refractivity (Wildman–Crippen MR) is 76.5 cm³/mol. The van der Waals surface area contributed by atoms with Gasteiger partial charge in [-0.3, -0.25) is 9.59 Å². The van der Waals surface area contributed by atoms with Gasteiger partial charge in [0.05, 0.1) is 0 Å². The number of piperidine rings is 1. The summed E-state index contributed by atoms with van der Waals surface area (Å²) in [4.78, 5) is 28.1. The number of hydrogen-bond donors (Lipinski definition) is 0. The van der Waals surface area contributed by atoms with E-state index >= 15 is 0 Å². The molecule has 21 heavy (non-hydrogen) atoms. The topological polar surface area (TPSA) is 66.4 Å². The van der Waals surface area contributed by atoms with Gasteiger partial charge in [-0.05, 0) is 37.3 Å². The van der Waals surface area contributed by atoms with Gasteiger partial charge in [-0.1, -0.05) is 0 Å². The Labute approximate surface area is 124 Å². The van der Waals surface area contributed by atoms with Gasteiger partial charge in [0.15, 0.2) is 5.69 Å². The molecule has 2 saturated heterocycles. The maximum Gasteiger partial charge on any atom is 0.274 e. The van der Waals surface area contributed by atoms with Gasteiger partial charge in [0.2, 0.25) is 5.91 Å².